The Hall–Kier alpha value is -2.80. The fourth-order valence-corrected chi connectivity index (χ4v) is 4.39. The van der Waals surface area contributed by atoms with Gasteiger partial charge in [-0.3, -0.25) is 14.6 Å². The highest BCUT2D eigenvalue weighted by atomic mass is 32.1. The van der Waals surface area contributed by atoms with Crippen LogP contribution in [0.2, 0.25) is 0 Å². The average molecular weight is 380 g/mol. The van der Waals surface area contributed by atoms with E-state index in [-0.39, 0.29) is 24.3 Å². The number of hydrogen-bond acceptors (Lipinski definition) is 5. The highest BCUT2D eigenvalue weighted by Gasteiger charge is 2.32. The van der Waals surface area contributed by atoms with Crippen LogP contribution in [0.3, 0.4) is 0 Å². The lowest BCUT2D eigenvalue weighted by Gasteiger charge is -2.34. The van der Waals surface area contributed by atoms with Crippen LogP contribution in [0.1, 0.15) is 36.1 Å². The summed E-state index contributed by atoms with van der Waals surface area (Å²) in [5.41, 5.74) is 1.76. The number of rotatable bonds is 5. The third kappa shape index (κ3) is 3.98. The van der Waals surface area contributed by atoms with Gasteiger partial charge in [0.1, 0.15) is 0 Å². The van der Waals surface area contributed by atoms with Gasteiger partial charge in [-0.2, -0.15) is 0 Å². The molecular formula is C20H20N4O2S. The minimum atomic E-state index is -0.0983. The maximum absolute atomic E-state index is 12.4. The number of nitrogens with zero attached hydrogens (tertiary/aromatic N) is 2. The number of anilines is 1. The second kappa shape index (κ2) is 7.44. The van der Waals surface area contributed by atoms with Crippen LogP contribution >= 0.6 is 11.3 Å². The molecule has 3 aromatic rings. The Morgan fingerprint density at radius 2 is 2.00 bits per heavy atom. The molecule has 1 aromatic carbocycles. The van der Waals surface area contributed by atoms with Gasteiger partial charge in [0.15, 0.2) is 5.13 Å². The molecule has 1 aliphatic carbocycles. The number of thiazole rings is 1. The summed E-state index contributed by atoms with van der Waals surface area (Å²) in [5, 5.41) is 7.47. The molecule has 0 saturated heterocycles. The first-order chi connectivity index (χ1) is 13.1. The summed E-state index contributed by atoms with van der Waals surface area (Å²) in [6.07, 6.45) is 5.68. The molecule has 27 heavy (non-hydrogen) atoms. The van der Waals surface area contributed by atoms with Crippen molar-refractivity contribution in [1.82, 2.24) is 15.3 Å². The van der Waals surface area contributed by atoms with Gasteiger partial charge in [0, 0.05) is 35.6 Å². The highest BCUT2D eigenvalue weighted by Crippen LogP contribution is 2.40. The molecule has 0 bridgehead atoms. The maximum Gasteiger partial charge on any atom is 0.230 e. The van der Waals surface area contributed by atoms with E-state index in [4.69, 9.17) is 0 Å². The van der Waals surface area contributed by atoms with Crippen LogP contribution < -0.4 is 10.6 Å². The zero-order chi connectivity index (χ0) is 18.8. The molecule has 4 rings (SSSR count). The Kier molecular flexibility index (Phi) is 4.85. The van der Waals surface area contributed by atoms with Crippen LogP contribution in [0.5, 0.6) is 0 Å². The molecule has 0 spiro atoms. The Morgan fingerprint density at radius 1 is 1.19 bits per heavy atom. The fraction of sp³-hybridized carbons (Fsp3) is 0.300. The first kappa shape index (κ1) is 17.6. The second-order valence-corrected chi connectivity index (χ2v) is 7.91. The third-order valence-corrected chi connectivity index (χ3v) is 5.86. The Bertz CT molecular complexity index is 989. The van der Waals surface area contributed by atoms with Crippen molar-refractivity contribution in [2.75, 3.05) is 5.32 Å². The molecule has 2 N–H and O–H groups in total. The number of carbonyl (C=O) groups is 2. The van der Waals surface area contributed by atoms with Crippen molar-refractivity contribution in [1.29, 1.82) is 0 Å². The zero-order valence-corrected chi connectivity index (χ0v) is 15.8. The van der Waals surface area contributed by atoms with Gasteiger partial charge in [-0.05, 0) is 30.4 Å². The third-order valence-electron chi connectivity index (χ3n) is 4.79. The Morgan fingerprint density at radius 3 is 2.81 bits per heavy atom. The van der Waals surface area contributed by atoms with E-state index in [0.717, 1.165) is 34.2 Å². The van der Waals surface area contributed by atoms with Crippen molar-refractivity contribution in [2.45, 2.75) is 38.1 Å². The zero-order valence-electron chi connectivity index (χ0n) is 14.9. The molecule has 0 radical (unpaired) electrons. The minimum Gasteiger partial charge on any atom is -0.354 e. The average Bonchev–Trinajstić information content (AvgIpc) is 3.05. The number of benzene rings is 1. The number of fused-ring (bicyclic) bond motifs is 1. The summed E-state index contributed by atoms with van der Waals surface area (Å²) in [6, 6.07) is 9.99. The maximum atomic E-state index is 12.4. The quantitative estimate of drug-likeness (QED) is 0.712. The number of carbonyl (C=O) groups excluding carboxylic acids is 2. The van der Waals surface area contributed by atoms with Gasteiger partial charge in [0.05, 0.1) is 11.9 Å². The van der Waals surface area contributed by atoms with Gasteiger partial charge in [-0.1, -0.05) is 24.3 Å². The number of aromatic nitrogens is 2. The summed E-state index contributed by atoms with van der Waals surface area (Å²) >= 11 is 1.51. The molecule has 0 atom stereocenters. The van der Waals surface area contributed by atoms with Crippen molar-refractivity contribution in [3.8, 4) is 0 Å². The number of para-hydroxylation sites is 1. The normalized spacial score (nSPS) is 18.7. The highest BCUT2D eigenvalue weighted by molar-refractivity contribution is 7.15. The standard InChI is InChI=1S/C20H20N4O2S/c1-12(25)23-16-8-15(9-16)17-11-22-20(27-17)24-18(26)10-14-5-2-4-13-6-3-7-21-19(13)14/h2-7,11,15-16H,8-10H2,1H3,(H,23,25)(H,22,24,26). The summed E-state index contributed by atoms with van der Waals surface area (Å²) in [5.74, 6) is 0.324. The number of pyridine rings is 1. The first-order valence-electron chi connectivity index (χ1n) is 8.94. The molecule has 1 fully saturated rings. The van der Waals surface area contributed by atoms with E-state index in [9.17, 15) is 9.59 Å². The molecule has 2 aromatic heterocycles. The van der Waals surface area contributed by atoms with Crippen LogP contribution in [0, 0.1) is 0 Å². The van der Waals surface area contributed by atoms with E-state index in [1.807, 2.05) is 36.5 Å². The van der Waals surface area contributed by atoms with Gasteiger partial charge in [0.2, 0.25) is 11.8 Å². The monoisotopic (exact) mass is 380 g/mol. The Labute approximate surface area is 161 Å². The summed E-state index contributed by atoms with van der Waals surface area (Å²) in [4.78, 5) is 33.4. The molecule has 1 saturated carbocycles. The van der Waals surface area contributed by atoms with Crippen molar-refractivity contribution in [3.05, 3.63) is 53.2 Å². The van der Waals surface area contributed by atoms with Gasteiger partial charge >= 0.3 is 0 Å². The first-order valence-corrected chi connectivity index (χ1v) is 9.75. The molecule has 6 nitrogen and oxygen atoms in total. The number of hydrogen-bond donors (Lipinski definition) is 2. The molecule has 0 unspecified atom stereocenters. The smallest absolute Gasteiger partial charge is 0.230 e. The van der Waals surface area contributed by atoms with Gasteiger partial charge in [-0.25, -0.2) is 4.98 Å². The van der Waals surface area contributed by atoms with Gasteiger partial charge < -0.3 is 10.6 Å². The topological polar surface area (TPSA) is 84.0 Å². The van der Waals surface area contributed by atoms with Crippen molar-refractivity contribution >= 4 is 39.2 Å². The SMILES string of the molecule is CC(=O)NC1CC(c2cnc(NC(=O)Cc3cccc4cccnc34)s2)C1. The predicted octanol–water partition coefficient (Wildman–Crippen LogP) is 3.25. The van der Waals surface area contributed by atoms with Crippen LogP contribution in [0.4, 0.5) is 5.13 Å². The van der Waals surface area contributed by atoms with Crippen LogP contribution in [0.15, 0.2) is 42.7 Å². The number of amides is 2. The van der Waals surface area contributed by atoms with E-state index in [0.29, 0.717) is 11.0 Å². The predicted molar refractivity (Wildman–Crippen MR) is 106 cm³/mol. The minimum absolute atomic E-state index is 0.0126. The molecule has 0 aliphatic heterocycles. The summed E-state index contributed by atoms with van der Waals surface area (Å²) in [7, 11) is 0. The van der Waals surface area contributed by atoms with Gasteiger partial charge in [-0.15, -0.1) is 11.3 Å². The van der Waals surface area contributed by atoms with Crippen LogP contribution in [-0.4, -0.2) is 27.8 Å². The van der Waals surface area contributed by atoms with E-state index < -0.39 is 0 Å². The molecular weight excluding hydrogens is 360 g/mol. The lowest BCUT2D eigenvalue weighted by Crippen LogP contribution is -2.42. The molecule has 138 valence electrons. The molecule has 2 heterocycles. The van der Waals surface area contributed by atoms with Crippen molar-refractivity contribution in [2.24, 2.45) is 0 Å². The van der Waals surface area contributed by atoms with E-state index in [1.165, 1.54) is 11.3 Å². The fourth-order valence-electron chi connectivity index (χ4n) is 3.44. The van der Waals surface area contributed by atoms with E-state index >= 15 is 0 Å². The lowest BCUT2D eigenvalue weighted by atomic mass is 9.79. The molecule has 7 heteroatoms. The van der Waals surface area contributed by atoms with Crippen LogP contribution in [0.25, 0.3) is 10.9 Å². The summed E-state index contributed by atoms with van der Waals surface area (Å²) < 4.78 is 0. The number of nitrogens with one attached hydrogen (secondary N) is 2. The molecule has 2 amide bonds. The Balaban J connectivity index is 1.37. The van der Waals surface area contributed by atoms with E-state index in [2.05, 4.69) is 20.6 Å². The largest absolute Gasteiger partial charge is 0.354 e. The molecule has 1 aliphatic rings. The second-order valence-electron chi connectivity index (χ2n) is 6.85. The van der Waals surface area contributed by atoms with E-state index in [1.54, 1.807) is 13.1 Å². The van der Waals surface area contributed by atoms with Gasteiger partial charge in [0.25, 0.3) is 0 Å². The van der Waals surface area contributed by atoms with Crippen molar-refractivity contribution < 1.29 is 9.59 Å². The van der Waals surface area contributed by atoms with Crippen molar-refractivity contribution in [3.63, 3.8) is 0 Å². The van der Waals surface area contributed by atoms with Crippen LogP contribution in [-0.2, 0) is 16.0 Å². The lowest BCUT2D eigenvalue weighted by molar-refractivity contribution is -0.120. The summed E-state index contributed by atoms with van der Waals surface area (Å²) in [6.45, 7) is 1.54.